The lowest BCUT2D eigenvalue weighted by atomic mass is 10.0. The van der Waals surface area contributed by atoms with Crippen LogP contribution in [0.4, 0.5) is 0 Å². The van der Waals surface area contributed by atoms with E-state index >= 15 is 0 Å². The molecule has 0 aliphatic heterocycles. The Bertz CT molecular complexity index is 1400. The maximum atomic E-state index is 12.9. The summed E-state index contributed by atoms with van der Waals surface area (Å²) in [5.74, 6) is -0.876. The molecular weight excluding hydrogens is 937 g/mol. The molecule has 440 valence electrons. The third-order valence-electron chi connectivity index (χ3n) is 14.4. The van der Waals surface area contributed by atoms with Crippen molar-refractivity contribution < 1.29 is 28.6 Å². The first-order valence-electron chi connectivity index (χ1n) is 32.9. The van der Waals surface area contributed by atoms with Gasteiger partial charge < -0.3 is 14.2 Å². The number of hydrogen-bond donors (Lipinski definition) is 0. The van der Waals surface area contributed by atoms with Crippen LogP contribution in [0.2, 0.25) is 0 Å². The molecule has 0 spiro atoms. The van der Waals surface area contributed by atoms with Crippen molar-refractivity contribution in [1.82, 2.24) is 0 Å². The molecule has 1 unspecified atom stereocenters. The second-order valence-electron chi connectivity index (χ2n) is 22.0. The minimum absolute atomic E-state index is 0.0782. The predicted octanol–water partition coefficient (Wildman–Crippen LogP) is 22.5. The van der Waals surface area contributed by atoms with E-state index in [4.69, 9.17) is 14.2 Å². The van der Waals surface area contributed by atoms with Gasteiger partial charge in [0.15, 0.2) is 6.10 Å². The van der Waals surface area contributed by atoms with Gasteiger partial charge in [0.2, 0.25) is 0 Å². The highest BCUT2D eigenvalue weighted by molar-refractivity contribution is 5.71. The number of allylic oxidation sites excluding steroid dienone is 12. The van der Waals surface area contributed by atoms with Crippen LogP contribution in [-0.4, -0.2) is 37.2 Å². The number of unbranched alkanes of at least 4 members (excludes halogenated alkanes) is 37. The van der Waals surface area contributed by atoms with Crippen LogP contribution >= 0.6 is 0 Å². The average molecular weight is 1060 g/mol. The highest BCUT2D eigenvalue weighted by Crippen LogP contribution is 2.17. The van der Waals surface area contributed by atoms with E-state index in [1.807, 2.05) is 0 Å². The summed E-state index contributed by atoms with van der Waals surface area (Å²) in [6.45, 7) is 6.52. The van der Waals surface area contributed by atoms with Crippen LogP contribution in [0.5, 0.6) is 0 Å². The van der Waals surface area contributed by atoms with Gasteiger partial charge >= 0.3 is 17.9 Å². The molecule has 76 heavy (non-hydrogen) atoms. The molecule has 0 aliphatic carbocycles. The van der Waals surface area contributed by atoms with Gasteiger partial charge in [0.25, 0.3) is 0 Å². The standard InChI is InChI=1S/C70H124O6/c1-4-7-10-13-16-19-22-24-26-28-30-32-34-35-36-38-39-41-43-45-48-51-54-57-60-63-69(72)75-66-67(65-74-68(71)62-59-56-53-50-47-21-18-15-12-9-6-3)76-70(73)64-61-58-55-52-49-46-44-42-40-37-33-31-29-27-25-23-20-17-14-11-8-5-2/h7,10,15-16,18-19,24,26,30,32,35-36,67H,4-6,8-9,11-14,17,20-23,25,27-29,31,33-34,37-66H2,1-3H3/b10-7-,18-15-,19-16-,26-24-,32-30-,36-35-. The van der Waals surface area contributed by atoms with Crippen molar-refractivity contribution in [3.05, 3.63) is 72.9 Å². The van der Waals surface area contributed by atoms with Gasteiger partial charge in [-0.2, -0.15) is 0 Å². The molecule has 0 saturated carbocycles. The number of hydrogen-bond acceptors (Lipinski definition) is 6. The molecular formula is C70H124O6. The fourth-order valence-corrected chi connectivity index (χ4v) is 9.51. The zero-order chi connectivity index (χ0) is 55.0. The molecule has 0 aliphatic rings. The summed E-state index contributed by atoms with van der Waals surface area (Å²) >= 11 is 0. The Labute approximate surface area is 472 Å². The average Bonchev–Trinajstić information content (AvgIpc) is 3.42. The third kappa shape index (κ3) is 61.7. The molecule has 6 heteroatoms. The summed E-state index contributed by atoms with van der Waals surface area (Å²) in [5, 5.41) is 0. The maximum absolute atomic E-state index is 12.9. The minimum Gasteiger partial charge on any atom is -0.462 e. The van der Waals surface area contributed by atoms with Crippen LogP contribution in [0.3, 0.4) is 0 Å². The molecule has 0 N–H and O–H groups in total. The quantitative estimate of drug-likeness (QED) is 0.0261. The molecule has 0 rings (SSSR count). The van der Waals surface area contributed by atoms with E-state index in [1.165, 1.54) is 193 Å². The second kappa shape index (κ2) is 64.4. The lowest BCUT2D eigenvalue weighted by Crippen LogP contribution is -2.30. The maximum Gasteiger partial charge on any atom is 0.306 e. The van der Waals surface area contributed by atoms with Crippen molar-refractivity contribution in [1.29, 1.82) is 0 Å². The van der Waals surface area contributed by atoms with Gasteiger partial charge in [-0.05, 0) is 83.5 Å². The Morgan fingerprint density at radius 3 is 0.855 bits per heavy atom. The Kier molecular flexibility index (Phi) is 61.7. The SMILES string of the molecule is CC/C=C\C/C=C\C/C=C\C/C=C\C/C=C\CCCCCCCCCCCC(=O)OCC(COC(=O)CCCCCCC/C=C\CCCC)OC(=O)CCCCCCCCCCCCCCCCCCCCCCCC. The summed E-state index contributed by atoms with van der Waals surface area (Å²) in [6.07, 6.45) is 83.5. The molecule has 0 aromatic rings. The van der Waals surface area contributed by atoms with Gasteiger partial charge in [-0.15, -0.1) is 0 Å². The smallest absolute Gasteiger partial charge is 0.306 e. The van der Waals surface area contributed by atoms with E-state index in [-0.39, 0.29) is 31.1 Å². The highest BCUT2D eigenvalue weighted by atomic mass is 16.6. The molecule has 0 heterocycles. The Hall–Kier alpha value is -3.15. The summed E-state index contributed by atoms with van der Waals surface area (Å²) in [7, 11) is 0. The van der Waals surface area contributed by atoms with Crippen molar-refractivity contribution in [2.45, 2.75) is 341 Å². The third-order valence-corrected chi connectivity index (χ3v) is 14.4. The highest BCUT2D eigenvalue weighted by Gasteiger charge is 2.19. The van der Waals surface area contributed by atoms with Crippen LogP contribution in [-0.2, 0) is 28.6 Å². The van der Waals surface area contributed by atoms with Crippen molar-refractivity contribution in [2.24, 2.45) is 0 Å². The molecule has 0 radical (unpaired) electrons. The molecule has 0 saturated heterocycles. The van der Waals surface area contributed by atoms with Crippen molar-refractivity contribution in [2.75, 3.05) is 13.2 Å². The Morgan fingerprint density at radius 2 is 0.526 bits per heavy atom. The van der Waals surface area contributed by atoms with Crippen molar-refractivity contribution in [3.63, 3.8) is 0 Å². The molecule has 0 fully saturated rings. The fourth-order valence-electron chi connectivity index (χ4n) is 9.51. The van der Waals surface area contributed by atoms with Gasteiger partial charge in [0, 0.05) is 19.3 Å². The number of rotatable bonds is 60. The molecule has 0 aromatic carbocycles. The molecule has 0 aromatic heterocycles. The van der Waals surface area contributed by atoms with Gasteiger partial charge in [0.1, 0.15) is 13.2 Å². The lowest BCUT2D eigenvalue weighted by molar-refractivity contribution is -0.167. The van der Waals surface area contributed by atoms with Crippen LogP contribution in [0.15, 0.2) is 72.9 Å². The zero-order valence-corrected chi connectivity index (χ0v) is 50.5. The van der Waals surface area contributed by atoms with E-state index in [9.17, 15) is 14.4 Å². The van der Waals surface area contributed by atoms with Gasteiger partial charge in [0.05, 0.1) is 0 Å². The van der Waals surface area contributed by atoms with Crippen LogP contribution in [0.1, 0.15) is 335 Å². The van der Waals surface area contributed by atoms with E-state index in [0.717, 1.165) is 103 Å². The van der Waals surface area contributed by atoms with Gasteiger partial charge in [-0.25, -0.2) is 0 Å². The minimum atomic E-state index is -0.780. The van der Waals surface area contributed by atoms with Crippen molar-refractivity contribution >= 4 is 17.9 Å². The number of carbonyl (C=O) groups excluding carboxylic acids is 3. The fraction of sp³-hybridized carbons (Fsp3) is 0.786. The summed E-state index contributed by atoms with van der Waals surface area (Å²) in [4.78, 5) is 38.3. The number of carbonyl (C=O) groups is 3. The van der Waals surface area contributed by atoms with Crippen molar-refractivity contribution in [3.8, 4) is 0 Å². The zero-order valence-electron chi connectivity index (χ0n) is 50.5. The first kappa shape index (κ1) is 72.8. The summed E-state index contributed by atoms with van der Waals surface area (Å²) in [5.41, 5.74) is 0. The predicted molar refractivity (Wildman–Crippen MR) is 330 cm³/mol. The lowest BCUT2D eigenvalue weighted by Gasteiger charge is -2.18. The van der Waals surface area contributed by atoms with Crippen LogP contribution in [0.25, 0.3) is 0 Å². The number of ether oxygens (including phenoxy) is 3. The van der Waals surface area contributed by atoms with Gasteiger partial charge in [-0.3, -0.25) is 14.4 Å². The van der Waals surface area contributed by atoms with E-state index in [1.54, 1.807) is 0 Å². The van der Waals surface area contributed by atoms with E-state index in [0.29, 0.717) is 19.3 Å². The summed E-state index contributed by atoms with van der Waals surface area (Å²) in [6, 6.07) is 0. The Morgan fingerprint density at radius 1 is 0.276 bits per heavy atom. The summed E-state index contributed by atoms with van der Waals surface area (Å²) < 4.78 is 16.9. The van der Waals surface area contributed by atoms with Crippen LogP contribution < -0.4 is 0 Å². The largest absolute Gasteiger partial charge is 0.462 e. The monoisotopic (exact) mass is 1060 g/mol. The molecule has 0 amide bonds. The van der Waals surface area contributed by atoms with Crippen LogP contribution in [0, 0.1) is 0 Å². The Balaban J connectivity index is 4.25. The first-order chi connectivity index (χ1) is 37.5. The topological polar surface area (TPSA) is 78.9 Å². The number of esters is 3. The molecule has 6 nitrogen and oxygen atoms in total. The molecule has 0 bridgehead atoms. The normalized spacial score (nSPS) is 12.5. The first-order valence-corrected chi connectivity index (χ1v) is 32.9. The molecule has 1 atom stereocenters. The van der Waals surface area contributed by atoms with Gasteiger partial charge in [-0.1, -0.05) is 306 Å². The second-order valence-corrected chi connectivity index (χ2v) is 22.0. The van der Waals surface area contributed by atoms with E-state index in [2.05, 4.69) is 93.7 Å². The van der Waals surface area contributed by atoms with E-state index < -0.39 is 6.10 Å².